The lowest BCUT2D eigenvalue weighted by atomic mass is 9.89. The number of benzene rings is 1. The molecular weight excluding hydrogens is 270 g/mol. The monoisotopic (exact) mass is 299 g/mol. The van der Waals surface area contributed by atoms with Crippen molar-refractivity contribution in [1.29, 1.82) is 0 Å². The maximum atomic E-state index is 12.9. The lowest BCUT2D eigenvalue weighted by Crippen LogP contribution is -2.36. The molecule has 0 N–H and O–H groups in total. The molecule has 0 aromatic heterocycles. The van der Waals surface area contributed by atoms with E-state index < -0.39 is 0 Å². The van der Waals surface area contributed by atoms with Crippen molar-refractivity contribution in [2.24, 2.45) is 5.92 Å². The quantitative estimate of drug-likeness (QED) is 0.751. The van der Waals surface area contributed by atoms with Crippen LogP contribution in [0, 0.1) is 12.8 Å². The van der Waals surface area contributed by atoms with Gasteiger partial charge in [-0.05, 0) is 69.2 Å². The van der Waals surface area contributed by atoms with Crippen molar-refractivity contribution in [1.82, 2.24) is 4.90 Å². The molecule has 0 amide bonds. The van der Waals surface area contributed by atoms with E-state index in [1.54, 1.807) is 0 Å². The summed E-state index contributed by atoms with van der Waals surface area (Å²) in [6.07, 6.45) is 8.21. The summed E-state index contributed by atoms with van der Waals surface area (Å²) in [5.41, 5.74) is 3.39. The minimum absolute atomic E-state index is 0.381. The molecule has 0 radical (unpaired) electrons. The Morgan fingerprint density at radius 3 is 2.68 bits per heavy atom. The molecular formula is C20H29NO. The van der Waals surface area contributed by atoms with E-state index in [9.17, 15) is 4.79 Å². The first-order chi connectivity index (χ1) is 10.7. The Morgan fingerprint density at radius 2 is 1.95 bits per heavy atom. The van der Waals surface area contributed by atoms with E-state index in [-0.39, 0.29) is 0 Å². The van der Waals surface area contributed by atoms with Crippen LogP contribution in [0.1, 0.15) is 66.9 Å². The summed E-state index contributed by atoms with van der Waals surface area (Å²) in [5, 5.41) is 0. The number of likely N-dealkylation sites (tertiary alicyclic amines) is 1. The fraction of sp³-hybridized carbons (Fsp3) is 0.650. The number of carbonyl (C=O) groups excluding carboxylic acids is 1. The van der Waals surface area contributed by atoms with Crippen LogP contribution in [-0.4, -0.2) is 29.8 Å². The summed E-state index contributed by atoms with van der Waals surface area (Å²) in [7, 11) is 0. The third kappa shape index (κ3) is 3.12. The molecule has 1 aromatic rings. The van der Waals surface area contributed by atoms with Crippen molar-refractivity contribution in [3.8, 4) is 0 Å². The van der Waals surface area contributed by atoms with Crippen molar-refractivity contribution in [3.05, 3.63) is 34.9 Å². The predicted molar refractivity (Wildman–Crippen MR) is 91.4 cm³/mol. The number of carbonyl (C=O) groups is 1. The maximum absolute atomic E-state index is 12.9. The zero-order valence-electron chi connectivity index (χ0n) is 14.1. The first-order valence-corrected chi connectivity index (χ1v) is 9.06. The largest absolute Gasteiger partial charge is 0.300 e. The van der Waals surface area contributed by atoms with Gasteiger partial charge in [-0.2, -0.15) is 0 Å². The van der Waals surface area contributed by atoms with Crippen LogP contribution in [0.3, 0.4) is 0 Å². The summed E-state index contributed by atoms with van der Waals surface area (Å²) >= 11 is 0. The van der Waals surface area contributed by atoms with Gasteiger partial charge in [0.15, 0.2) is 5.78 Å². The van der Waals surface area contributed by atoms with Gasteiger partial charge in [0.2, 0.25) is 0 Å². The van der Waals surface area contributed by atoms with E-state index in [4.69, 9.17) is 0 Å². The molecule has 0 bridgehead atoms. The minimum Gasteiger partial charge on any atom is -0.300 e. The van der Waals surface area contributed by atoms with Crippen molar-refractivity contribution < 1.29 is 4.79 Å². The van der Waals surface area contributed by atoms with Gasteiger partial charge < -0.3 is 4.90 Å². The van der Waals surface area contributed by atoms with Crippen molar-refractivity contribution in [2.45, 2.75) is 64.8 Å². The van der Waals surface area contributed by atoms with Crippen LogP contribution in [0.15, 0.2) is 18.2 Å². The molecule has 2 atom stereocenters. The van der Waals surface area contributed by atoms with Gasteiger partial charge in [-0.3, -0.25) is 4.79 Å². The number of hydrogen-bond donors (Lipinski definition) is 0. The van der Waals surface area contributed by atoms with E-state index in [2.05, 4.69) is 36.9 Å². The fourth-order valence-corrected chi connectivity index (χ4v) is 4.57. The molecule has 2 aliphatic rings. The van der Waals surface area contributed by atoms with Crippen LogP contribution in [-0.2, 0) is 6.42 Å². The second kappa shape index (κ2) is 6.95. The Balaban J connectivity index is 1.73. The van der Waals surface area contributed by atoms with Crippen molar-refractivity contribution in [2.75, 3.05) is 13.1 Å². The van der Waals surface area contributed by atoms with E-state index in [1.165, 1.54) is 50.8 Å². The Morgan fingerprint density at radius 1 is 1.18 bits per heavy atom. The SMILES string of the molecule is CCc1cccc(C)c1C(=O)C[C@H]1CCC[C@H]1N1CCCC1. The molecule has 1 aliphatic carbocycles. The zero-order valence-corrected chi connectivity index (χ0v) is 14.1. The summed E-state index contributed by atoms with van der Waals surface area (Å²) < 4.78 is 0. The molecule has 1 aliphatic heterocycles. The summed E-state index contributed by atoms with van der Waals surface area (Å²) in [4.78, 5) is 15.6. The van der Waals surface area contributed by atoms with Gasteiger partial charge in [0.1, 0.15) is 0 Å². The average molecular weight is 299 g/mol. The van der Waals surface area contributed by atoms with Crippen LogP contribution >= 0.6 is 0 Å². The van der Waals surface area contributed by atoms with Crippen LogP contribution in [0.2, 0.25) is 0 Å². The lowest BCUT2D eigenvalue weighted by molar-refractivity contribution is 0.0928. The first kappa shape index (κ1) is 15.7. The van der Waals surface area contributed by atoms with Gasteiger partial charge in [-0.25, -0.2) is 0 Å². The third-order valence-electron chi connectivity index (χ3n) is 5.70. The number of aryl methyl sites for hydroxylation is 2. The molecule has 3 rings (SSSR count). The second-order valence-electron chi connectivity index (χ2n) is 7.09. The van der Waals surface area contributed by atoms with E-state index in [1.807, 2.05) is 0 Å². The highest BCUT2D eigenvalue weighted by Gasteiger charge is 2.34. The molecule has 1 saturated carbocycles. The zero-order chi connectivity index (χ0) is 15.5. The molecule has 2 heteroatoms. The standard InChI is InChI=1S/C20H29NO/c1-3-16-9-6-8-15(2)20(16)19(22)14-17-10-7-11-18(17)21-12-4-5-13-21/h6,8-9,17-18H,3-5,7,10-14H2,1-2H3/t17-,18-/m1/s1. The molecule has 2 fully saturated rings. The van der Waals surface area contributed by atoms with Crippen molar-refractivity contribution in [3.63, 3.8) is 0 Å². The van der Waals surface area contributed by atoms with E-state index in [0.717, 1.165) is 24.0 Å². The Hall–Kier alpha value is -1.15. The lowest BCUT2D eigenvalue weighted by Gasteiger charge is -2.29. The van der Waals surface area contributed by atoms with Gasteiger partial charge in [0.25, 0.3) is 0 Å². The number of Topliss-reactive ketones (excluding diaryl/α,β-unsaturated/α-hetero) is 1. The molecule has 120 valence electrons. The van der Waals surface area contributed by atoms with Gasteiger partial charge >= 0.3 is 0 Å². The average Bonchev–Trinajstić information content (AvgIpc) is 3.17. The molecule has 1 aromatic carbocycles. The smallest absolute Gasteiger partial charge is 0.163 e. The van der Waals surface area contributed by atoms with Crippen LogP contribution in [0.5, 0.6) is 0 Å². The number of hydrogen-bond acceptors (Lipinski definition) is 2. The van der Waals surface area contributed by atoms with Gasteiger partial charge in [0.05, 0.1) is 0 Å². The van der Waals surface area contributed by atoms with Gasteiger partial charge in [-0.1, -0.05) is 31.5 Å². The molecule has 0 unspecified atom stereocenters. The third-order valence-corrected chi connectivity index (χ3v) is 5.70. The molecule has 0 spiro atoms. The minimum atomic E-state index is 0.381. The van der Waals surface area contributed by atoms with Crippen molar-refractivity contribution >= 4 is 5.78 Å². The van der Waals surface area contributed by atoms with Crippen LogP contribution < -0.4 is 0 Å². The maximum Gasteiger partial charge on any atom is 0.163 e. The van der Waals surface area contributed by atoms with E-state index >= 15 is 0 Å². The highest BCUT2D eigenvalue weighted by molar-refractivity contribution is 5.99. The number of rotatable bonds is 5. The van der Waals surface area contributed by atoms with E-state index in [0.29, 0.717) is 17.7 Å². The number of nitrogens with zero attached hydrogens (tertiary/aromatic N) is 1. The topological polar surface area (TPSA) is 20.3 Å². The highest BCUT2D eigenvalue weighted by atomic mass is 16.1. The molecule has 1 heterocycles. The normalized spacial score (nSPS) is 25.7. The fourth-order valence-electron chi connectivity index (χ4n) is 4.57. The van der Waals surface area contributed by atoms with Crippen LogP contribution in [0.4, 0.5) is 0 Å². The molecule has 2 nitrogen and oxygen atoms in total. The molecule has 1 saturated heterocycles. The summed E-state index contributed by atoms with van der Waals surface area (Å²) in [6.45, 7) is 6.73. The Labute approximate surface area is 134 Å². The van der Waals surface area contributed by atoms with Crippen LogP contribution in [0.25, 0.3) is 0 Å². The number of ketones is 1. The highest BCUT2D eigenvalue weighted by Crippen LogP contribution is 2.35. The van der Waals surface area contributed by atoms with Gasteiger partial charge in [0, 0.05) is 18.0 Å². The van der Waals surface area contributed by atoms with Gasteiger partial charge in [-0.15, -0.1) is 0 Å². The molecule has 22 heavy (non-hydrogen) atoms. The predicted octanol–water partition coefficient (Wildman–Crippen LogP) is 4.39. The summed E-state index contributed by atoms with van der Waals surface area (Å²) in [5.74, 6) is 0.959. The first-order valence-electron chi connectivity index (χ1n) is 9.06. The summed E-state index contributed by atoms with van der Waals surface area (Å²) in [6, 6.07) is 6.94. The second-order valence-corrected chi connectivity index (χ2v) is 7.09. The Bertz CT molecular complexity index is 531. The Kier molecular flexibility index (Phi) is 4.97.